The molecule has 2 aromatic rings. The number of piperidine rings is 1. The summed E-state index contributed by atoms with van der Waals surface area (Å²) in [6.45, 7) is 5.21. The van der Waals surface area contributed by atoms with Crippen molar-refractivity contribution in [2.75, 3.05) is 19.6 Å². The summed E-state index contributed by atoms with van der Waals surface area (Å²) in [7, 11) is -3.74. The standard InChI is InChI=1S/C23H26F3N3O3S/c1-2-11-27-33(31,32)21-8-4-6-18(15-21)22(30)28-20-9-12-29(13-10-20)16-17-5-3-7-19(14-17)23(24,25)26/h2-8,14-15,20,27H,1,9-13,16H2,(H,28,30). The molecule has 1 fully saturated rings. The van der Waals surface area contributed by atoms with Crippen LogP contribution in [0, 0.1) is 0 Å². The van der Waals surface area contributed by atoms with Gasteiger partial charge in [0, 0.05) is 37.8 Å². The Kier molecular flexibility index (Phi) is 7.93. The van der Waals surface area contributed by atoms with E-state index in [1.807, 2.05) is 0 Å². The van der Waals surface area contributed by atoms with Crippen LogP contribution in [0.2, 0.25) is 0 Å². The van der Waals surface area contributed by atoms with Crippen molar-refractivity contribution in [3.05, 3.63) is 77.9 Å². The zero-order chi connectivity index (χ0) is 24.1. The molecule has 1 heterocycles. The van der Waals surface area contributed by atoms with Gasteiger partial charge in [0.05, 0.1) is 10.5 Å². The van der Waals surface area contributed by atoms with Crippen LogP contribution >= 0.6 is 0 Å². The number of carbonyl (C=O) groups excluding carboxylic acids is 1. The van der Waals surface area contributed by atoms with Gasteiger partial charge in [-0.05, 0) is 42.7 Å². The SMILES string of the molecule is C=CCNS(=O)(=O)c1cccc(C(=O)NC2CCN(Cc3cccc(C(F)(F)F)c3)CC2)c1. The van der Waals surface area contributed by atoms with Crippen molar-refractivity contribution in [2.24, 2.45) is 0 Å². The van der Waals surface area contributed by atoms with Gasteiger partial charge in [-0.25, -0.2) is 13.1 Å². The zero-order valence-corrected chi connectivity index (χ0v) is 18.8. The first-order valence-electron chi connectivity index (χ1n) is 10.5. The third kappa shape index (κ3) is 6.89. The molecule has 0 saturated carbocycles. The number of nitrogens with one attached hydrogen (secondary N) is 2. The topological polar surface area (TPSA) is 78.5 Å². The van der Waals surface area contributed by atoms with Crippen molar-refractivity contribution < 1.29 is 26.4 Å². The highest BCUT2D eigenvalue weighted by molar-refractivity contribution is 7.89. The number of hydrogen-bond donors (Lipinski definition) is 2. The molecule has 33 heavy (non-hydrogen) atoms. The van der Waals surface area contributed by atoms with E-state index in [9.17, 15) is 26.4 Å². The Morgan fingerprint density at radius 3 is 2.48 bits per heavy atom. The Balaban J connectivity index is 1.55. The van der Waals surface area contributed by atoms with E-state index in [4.69, 9.17) is 0 Å². The van der Waals surface area contributed by atoms with E-state index in [2.05, 4.69) is 21.5 Å². The number of benzene rings is 2. The van der Waals surface area contributed by atoms with Gasteiger partial charge in [-0.2, -0.15) is 13.2 Å². The normalized spacial score (nSPS) is 15.8. The molecule has 3 rings (SSSR count). The van der Waals surface area contributed by atoms with Crippen molar-refractivity contribution in [1.29, 1.82) is 0 Å². The maximum Gasteiger partial charge on any atom is 0.416 e. The Morgan fingerprint density at radius 1 is 1.12 bits per heavy atom. The van der Waals surface area contributed by atoms with Crippen LogP contribution in [0.3, 0.4) is 0 Å². The number of rotatable bonds is 8. The molecule has 0 atom stereocenters. The zero-order valence-electron chi connectivity index (χ0n) is 17.9. The van der Waals surface area contributed by atoms with Crippen molar-refractivity contribution in [3.63, 3.8) is 0 Å². The molecule has 0 bridgehead atoms. The lowest BCUT2D eigenvalue weighted by Gasteiger charge is -2.32. The van der Waals surface area contributed by atoms with Gasteiger partial charge < -0.3 is 5.32 Å². The van der Waals surface area contributed by atoms with Crippen LogP contribution in [0.5, 0.6) is 0 Å². The first kappa shape index (κ1) is 24.9. The fraction of sp³-hybridized carbons (Fsp3) is 0.348. The molecule has 2 aromatic carbocycles. The highest BCUT2D eigenvalue weighted by Crippen LogP contribution is 2.30. The number of hydrogen-bond acceptors (Lipinski definition) is 4. The molecule has 1 aliphatic heterocycles. The number of amides is 1. The molecule has 1 saturated heterocycles. The summed E-state index contributed by atoms with van der Waals surface area (Å²) in [5.74, 6) is -0.368. The van der Waals surface area contributed by atoms with Gasteiger partial charge in [0.2, 0.25) is 10.0 Å². The molecule has 1 amide bonds. The fourth-order valence-electron chi connectivity index (χ4n) is 3.66. The van der Waals surface area contributed by atoms with E-state index in [-0.39, 0.29) is 29.0 Å². The first-order chi connectivity index (χ1) is 15.6. The maximum atomic E-state index is 12.9. The largest absolute Gasteiger partial charge is 0.416 e. The molecule has 0 unspecified atom stereocenters. The Hall–Kier alpha value is -2.69. The molecular formula is C23H26F3N3O3S. The summed E-state index contributed by atoms with van der Waals surface area (Å²) in [5, 5.41) is 2.92. The monoisotopic (exact) mass is 481 g/mol. The van der Waals surface area contributed by atoms with Gasteiger partial charge in [-0.3, -0.25) is 9.69 Å². The van der Waals surface area contributed by atoms with Gasteiger partial charge in [-0.15, -0.1) is 6.58 Å². The quantitative estimate of drug-likeness (QED) is 0.565. The summed E-state index contributed by atoms with van der Waals surface area (Å²) in [6.07, 6.45) is -1.66. The van der Waals surface area contributed by atoms with Crippen LogP contribution in [0.15, 0.2) is 66.1 Å². The fourth-order valence-corrected chi connectivity index (χ4v) is 4.71. The first-order valence-corrected chi connectivity index (χ1v) is 12.0. The molecule has 1 aliphatic rings. The van der Waals surface area contributed by atoms with Crippen molar-refractivity contribution >= 4 is 15.9 Å². The lowest BCUT2D eigenvalue weighted by Crippen LogP contribution is -2.44. The van der Waals surface area contributed by atoms with Gasteiger partial charge in [0.25, 0.3) is 5.91 Å². The van der Waals surface area contributed by atoms with E-state index in [1.165, 1.54) is 36.4 Å². The van der Waals surface area contributed by atoms with Crippen LogP contribution in [0.1, 0.15) is 34.3 Å². The van der Waals surface area contributed by atoms with Gasteiger partial charge in [-0.1, -0.05) is 30.3 Å². The molecule has 6 nitrogen and oxygen atoms in total. The molecule has 10 heteroatoms. The minimum atomic E-state index is -4.37. The second-order valence-electron chi connectivity index (χ2n) is 7.89. The molecule has 178 valence electrons. The number of sulfonamides is 1. The van der Waals surface area contributed by atoms with Crippen molar-refractivity contribution in [3.8, 4) is 0 Å². The highest BCUT2D eigenvalue weighted by Gasteiger charge is 2.30. The van der Waals surface area contributed by atoms with Crippen LogP contribution in [-0.4, -0.2) is 44.9 Å². The van der Waals surface area contributed by atoms with Gasteiger partial charge in [0.15, 0.2) is 0 Å². The predicted molar refractivity (Wildman–Crippen MR) is 119 cm³/mol. The Morgan fingerprint density at radius 2 is 1.82 bits per heavy atom. The summed E-state index contributed by atoms with van der Waals surface area (Å²) >= 11 is 0. The Labute approximate surface area is 191 Å². The average molecular weight is 482 g/mol. The van der Waals surface area contributed by atoms with Crippen molar-refractivity contribution in [2.45, 2.75) is 36.5 Å². The third-order valence-corrected chi connectivity index (χ3v) is 6.83. The smallest absolute Gasteiger partial charge is 0.349 e. The maximum absolute atomic E-state index is 12.9. The van der Waals surface area contributed by atoms with E-state index in [1.54, 1.807) is 12.1 Å². The lowest BCUT2D eigenvalue weighted by molar-refractivity contribution is -0.137. The summed E-state index contributed by atoms with van der Waals surface area (Å²) in [4.78, 5) is 14.7. The lowest BCUT2D eigenvalue weighted by atomic mass is 10.0. The number of likely N-dealkylation sites (tertiary alicyclic amines) is 1. The minimum Gasteiger partial charge on any atom is -0.349 e. The molecular weight excluding hydrogens is 455 g/mol. The number of alkyl halides is 3. The van der Waals surface area contributed by atoms with Crippen molar-refractivity contribution in [1.82, 2.24) is 14.9 Å². The van der Waals surface area contributed by atoms with Gasteiger partial charge >= 0.3 is 6.18 Å². The van der Waals surface area contributed by atoms with Crippen LogP contribution in [0.4, 0.5) is 13.2 Å². The number of carbonyl (C=O) groups is 1. The third-order valence-electron chi connectivity index (χ3n) is 5.41. The molecule has 2 N–H and O–H groups in total. The molecule has 0 aromatic heterocycles. The highest BCUT2D eigenvalue weighted by atomic mass is 32.2. The number of nitrogens with zero attached hydrogens (tertiary/aromatic N) is 1. The van der Waals surface area contributed by atoms with Gasteiger partial charge in [0.1, 0.15) is 0 Å². The predicted octanol–water partition coefficient (Wildman–Crippen LogP) is 3.56. The number of halogens is 3. The van der Waals surface area contributed by atoms with E-state index < -0.39 is 21.8 Å². The van der Waals surface area contributed by atoms with Crippen LogP contribution in [0.25, 0.3) is 0 Å². The van der Waals surface area contributed by atoms with E-state index >= 15 is 0 Å². The summed E-state index contributed by atoms with van der Waals surface area (Å²) < 4.78 is 65.6. The minimum absolute atomic E-state index is 0.00657. The average Bonchev–Trinajstić information content (AvgIpc) is 2.79. The second-order valence-corrected chi connectivity index (χ2v) is 9.66. The van der Waals surface area contributed by atoms with E-state index in [0.29, 0.717) is 38.0 Å². The second kappa shape index (κ2) is 10.5. The molecule has 0 radical (unpaired) electrons. The Bertz CT molecular complexity index is 1100. The van der Waals surface area contributed by atoms with Crippen LogP contribution < -0.4 is 10.0 Å². The van der Waals surface area contributed by atoms with Crippen LogP contribution in [-0.2, 0) is 22.7 Å². The summed E-state index contributed by atoms with van der Waals surface area (Å²) in [5.41, 5.74) is 0.171. The summed E-state index contributed by atoms with van der Waals surface area (Å²) in [6, 6.07) is 11.0. The molecule has 0 spiro atoms. The van der Waals surface area contributed by atoms with E-state index in [0.717, 1.165) is 6.07 Å². The molecule has 0 aliphatic carbocycles.